The summed E-state index contributed by atoms with van der Waals surface area (Å²) in [5.41, 5.74) is 26.3. The van der Waals surface area contributed by atoms with Crippen LogP contribution in [-0.4, -0.2) is 0 Å². The normalized spacial score (nSPS) is 14.7. The molecule has 13 rings (SSSR count). The van der Waals surface area contributed by atoms with Crippen LogP contribution in [0.15, 0.2) is 237 Å². The van der Waals surface area contributed by atoms with E-state index in [9.17, 15) is 0 Å². The zero-order valence-electron chi connectivity index (χ0n) is 34.7. The second-order valence-electron chi connectivity index (χ2n) is 17.1. The van der Waals surface area contributed by atoms with Crippen LogP contribution in [0.25, 0.3) is 66.8 Å². The molecule has 0 amide bonds. The van der Waals surface area contributed by atoms with E-state index in [-0.39, 0.29) is 0 Å². The topological polar surface area (TPSA) is 3.24 Å². The van der Waals surface area contributed by atoms with Crippen LogP contribution in [0.4, 0.5) is 17.1 Å². The lowest BCUT2D eigenvalue weighted by atomic mass is 9.65. The van der Waals surface area contributed by atoms with E-state index >= 15 is 0 Å². The highest BCUT2D eigenvalue weighted by atomic mass is 15.1. The van der Waals surface area contributed by atoms with Gasteiger partial charge in [-0.3, -0.25) is 0 Å². The highest BCUT2D eigenvalue weighted by Crippen LogP contribution is 2.64. The maximum atomic E-state index is 2.47. The van der Waals surface area contributed by atoms with Gasteiger partial charge in [0.05, 0.1) is 5.41 Å². The smallest absolute Gasteiger partial charge is 0.0725 e. The third kappa shape index (κ3) is 5.30. The molecule has 1 nitrogen and oxygen atoms in total. The number of anilines is 3. The molecule has 10 aromatic rings. The first-order valence-corrected chi connectivity index (χ1v) is 22.1. The average Bonchev–Trinajstić information content (AvgIpc) is 3.85. The van der Waals surface area contributed by atoms with Crippen molar-refractivity contribution in [2.45, 2.75) is 11.8 Å². The Balaban J connectivity index is 1.02. The molecule has 0 radical (unpaired) electrons. The van der Waals surface area contributed by atoms with Gasteiger partial charge < -0.3 is 4.90 Å². The van der Waals surface area contributed by atoms with Crippen LogP contribution in [0.2, 0.25) is 0 Å². The summed E-state index contributed by atoms with van der Waals surface area (Å²) in [5.74, 6) is 0. The molecule has 294 valence electrons. The number of benzene rings is 10. The van der Waals surface area contributed by atoms with Gasteiger partial charge in [-0.25, -0.2) is 0 Å². The molecule has 3 aliphatic rings. The van der Waals surface area contributed by atoms with Crippen LogP contribution in [-0.2, 0) is 11.8 Å². The molecule has 0 saturated carbocycles. The van der Waals surface area contributed by atoms with Gasteiger partial charge >= 0.3 is 0 Å². The summed E-state index contributed by atoms with van der Waals surface area (Å²) < 4.78 is 0. The zero-order chi connectivity index (χ0) is 41.5. The Bertz CT molecular complexity index is 3400. The fourth-order valence-corrected chi connectivity index (χ4v) is 11.2. The van der Waals surface area contributed by atoms with Crippen molar-refractivity contribution >= 4 is 17.1 Å². The van der Waals surface area contributed by atoms with Crippen LogP contribution in [0, 0.1) is 0 Å². The molecule has 0 fully saturated rings. The average molecular weight is 800 g/mol. The minimum absolute atomic E-state index is 0.558. The Morgan fingerprint density at radius 1 is 0.270 bits per heavy atom. The summed E-state index contributed by atoms with van der Waals surface area (Å²) >= 11 is 0. The van der Waals surface area contributed by atoms with Crippen LogP contribution in [0.1, 0.15) is 33.4 Å². The lowest BCUT2D eigenvalue weighted by Crippen LogP contribution is -2.29. The maximum absolute atomic E-state index is 2.47. The van der Waals surface area contributed by atoms with Crippen molar-refractivity contribution in [3.05, 3.63) is 270 Å². The molecule has 3 aliphatic carbocycles. The van der Waals surface area contributed by atoms with E-state index in [2.05, 4.69) is 241 Å². The van der Waals surface area contributed by atoms with Crippen molar-refractivity contribution in [1.82, 2.24) is 0 Å². The summed E-state index contributed by atoms with van der Waals surface area (Å²) in [7, 11) is 0. The number of hydrogen-bond donors (Lipinski definition) is 0. The summed E-state index contributed by atoms with van der Waals surface area (Å²) in [6.07, 6.45) is 0.965. The van der Waals surface area contributed by atoms with E-state index in [0.29, 0.717) is 0 Å². The monoisotopic (exact) mass is 799 g/mol. The van der Waals surface area contributed by atoms with E-state index in [1.807, 2.05) is 0 Å². The largest absolute Gasteiger partial charge is 0.310 e. The Labute approximate surface area is 368 Å². The molecule has 1 spiro atoms. The molecule has 1 atom stereocenters. The summed E-state index contributed by atoms with van der Waals surface area (Å²) in [4.78, 5) is 2.41. The Morgan fingerprint density at radius 2 is 0.730 bits per heavy atom. The van der Waals surface area contributed by atoms with Crippen molar-refractivity contribution in [3.63, 3.8) is 0 Å². The van der Waals surface area contributed by atoms with Crippen molar-refractivity contribution in [1.29, 1.82) is 0 Å². The molecule has 0 heterocycles. The highest BCUT2D eigenvalue weighted by molar-refractivity contribution is 6.03. The minimum atomic E-state index is -0.558. The lowest BCUT2D eigenvalue weighted by Gasteiger charge is -2.36. The van der Waals surface area contributed by atoms with Crippen molar-refractivity contribution < 1.29 is 0 Å². The standard InChI is InChI=1S/C62H41N/c1-3-15-41(16-4-1)42-27-29-43(30-28-42)44-31-34-48(35-32-44)63(47-18-5-2-6-19-47)49-36-38-58-55(40-49)52-22-10-9-21-51(52)53-23-11-13-25-56(53)62(58)57-26-14-12-24-54(57)61-59(62)37-33-46-39-45-17-7-8-20-50(45)60(46)61/h1-38,40H,39H2. The first-order valence-electron chi connectivity index (χ1n) is 22.1. The molecule has 1 unspecified atom stereocenters. The van der Waals surface area contributed by atoms with Gasteiger partial charge in [-0.15, -0.1) is 0 Å². The summed E-state index contributed by atoms with van der Waals surface area (Å²) in [6, 6.07) is 88.1. The number of hydrogen-bond acceptors (Lipinski definition) is 1. The fraction of sp³-hybridized carbons (Fsp3) is 0.0323. The molecular formula is C62H41N. The Hall–Kier alpha value is -8.00. The van der Waals surface area contributed by atoms with E-state index in [4.69, 9.17) is 0 Å². The number of fused-ring (bicyclic) bond motifs is 16. The SMILES string of the molecule is c1ccc(-c2ccc(-c3ccc(N(c4ccccc4)c4ccc5c(c4)-c4ccccc4-c4ccccc4C54c5ccccc5-c5c4ccc4c5-c5ccccc5C4)cc3)cc2)cc1. The van der Waals surface area contributed by atoms with E-state index in [1.165, 1.54) is 100 Å². The second kappa shape index (κ2) is 14.0. The molecule has 63 heavy (non-hydrogen) atoms. The molecule has 0 bridgehead atoms. The molecular weight excluding hydrogens is 759 g/mol. The predicted molar refractivity (Wildman–Crippen MR) is 262 cm³/mol. The molecule has 0 aliphatic heterocycles. The molecule has 0 aromatic heterocycles. The van der Waals surface area contributed by atoms with E-state index in [0.717, 1.165) is 23.5 Å². The number of nitrogens with zero attached hydrogens (tertiary/aromatic N) is 1. The predicted octanol–water partition coefficient (Wildman–Crippen LogP) is 16.1. The maximum Gasteiger partial charge on any atom is 0.0725 e. The van der Waals surface area contributed by atoms with Crippen molar-refractivity contribution in [2.75, 3.05) is 4.90 Å². The fourth-order valence-electron chi connectivity index (χ4n) is 11.2. The molecule has 0 saturated heterocycles. The van der Waals surface area contributed by atoms with Crippen LogP contribution < -0.4 is 4.90 Å². The van der Waals surface area contributed by atoms with E-state index < -0.39 is 5.41 Å². The van der Waals surface area contributed by atoms with Gasteiger partial charge in [0, 0.05) is 17.1 Å². The van der Waals surface area contributed by atoms with Gasteiger partial charge in [-0.2, -0.15) is 0 Å². The number of rotatable bonds is 5. The van der Waals surface area contributed by atoms with Gasteiger partial charge in [-0.1, -0.05) is 200 Å². The lowest BCUT2D eigenvalue weighted by molar-refractivity contribution is 0.775. The van der Waals surface area contributed by atoms with Crippen LogP contribution in [0.3, 0.4) is 0 Å². The molecule has 0 N–H and O–H groups in total. The Kier molecular flexibility index (Phi) is 7.95. The van der Waals surface area contributed by atoms with Gasteiger partial charge in [0.2, 0.25) is 0 Å². The first-order chi connectivity index (χ1) is 31.3. The van der Waals surface area contributed by atoms with Gasteiger partial charge in [0.25, 0.3) is 0 Å². The van der Waals surface area contributed by atoms with Crippen molar-refractivity contribution in [2.24, 2.45) is 0 Å². The Morgan fingerprint density at radius 3 is 1.43 bits per heavy atom. The third-order valence-electron chi connectivity index (χ3n) is 13.9. The second-order valence-corrected chi connectivity index (χ2v) is 17.1. The van der Waals surface area contributed by atoms with Gasteiger partial charge in [0.15, 0.2) is 0 Å². The molecule has 1 heteroatoms. The van der Waals surface area contributed by atoms with Gasteiger partial charge in [-0.05, 0) is 143 Å². The van der Waals surface area contributed by atoms with Crippen molar-refractivity contribution in [3.8, 4) is 66.8 Å². The van der Waals surface area contributed by atoms with Gasteiger partial charge in [0.1, 0.15) is 0 Å². The molecule has 10 aromatic carbocycles. The quantitative estimate of drug-likeness (QED) is 0.168. The highest BCUT2D eigenvalue weighted by Gasteiger charge is 2.51. The first kappa shape index (κ1) is 35.7. The number of para-hydroxylation sites is 1. The van der Waals surface area contributed by atoms with E-state index in [1.54, 1.807) is 0 Å². The summed E-state index contributed by atoms with van der Waals surface area (Å²) in [6.45, 7) is 0. The van der Waals surface area contributed by atoms with Crippen LogP contribution in [0.5, 0.6) is 0 Å². The third-order valence-corrected chi connectivity index (χ3v) is 13.9. The minimum Gasteiger partial charge on any atom is -0.310 e. The summed E-state index contributed by atoms with van der Waals surface area (Å²) in [5, 5.41) is 0. The van der Waals surface area contributed by atoms with Crippen LogP contribution >= 0.6 is 0 Å². The zero-order valence-corrected chi connectivity index (χ0v) is 34.7.